The van der Waals surface area contributed by atoms with Gasteiger partial charge in [-0.15, -0.1) is 11.3 Å². The van der Waals surface area contributed by atoms with Crippen LogP contribution in [0.1, 0.15) is 88.7 Å². The van der Waals surface area contributed by atoms with E-state index in [2.05, 4.69) is 13.8 Å². The summed E-state index contributed by atoms with van der Waals surface area (Å²) in [5, 5.41) is 12.3. The SMILES string of the molecule is C[C@H](C(=O)N1CCCC1)[C@@H]1CC[C@]2(C)Cc3sc(CS(=O)(=O)C(C)(C)C)nc3[C@H](C)[C@@H]2[C@H]1O. The smallest absolute Gasteiger partial charge is 0.225 e. The number of carbonyl (C=O) groups is 1. The third kappa shape index (κ3) is 4.40. The Bertz CT molecular complexity index is 1010. The van der Waals surface area contributed by atoms with Crippen LogP contribution in [0.3, 0.4) is 0 Å². The van der Waals surface area contributed by atoms with Crippen LogP contribution in [0.15, 0.2) is 0 Å². The van der Waals surface area contributed by atoms with E-state index < -0.39 is 20.7 Å². The van der Waals surface area contributed by atoms with Gasteiger partial charge in [-0.1, -0.05) is 20.8 Å². The number of hydrogen-bond acceptors (Lipinski definition) is 6. The molecule has 1 saturated carbocycles. The molecule has 1 N–H and O–H groups in total. The average Bonchev–Trinajstić information content (AvgIpc) is 3.35. The number of fused-ring (bicyclic) bond motifs is 2. The molecule has 1 aliphatic heterocycles. The highest BCUT2D eigenvalue weighted by molar-refractivity contribution is 7.92. The molecule has 1 amide bonds. The number of sulfone groups is 1. The second-order valence-electron chi connectivity index (χ2n) is 11.9. The first-order chi connectivity index (χ1) is 15.2. The van der Waals surface area contributed by atoms with E-state index in [0.29, 0.717) is 5.01 Å². The number of amides is 1. The summed E-state index contributed by atoms with van der Waals surface area (Å²) in [6, 6.07) is 0. The Morgan fingerprint density at radius 2 is 1.94 bits per heavy atom. The van der Waals surface area contributed by atoms with E-state index in [1.807, 2.05) is 11.8 Å². The average molecular weight is 497 g/mol. The van der Waals surface area contributed by atoms with Crippen molar-refractivity contribution in [1.82, 2.24) is 9.88 Å². The fourth-order valence-electron chi connectivity index (χ4n) is 6.45. The Labute approximate surface area is 203 Å². The molecule has 2 aliphatic carbocycles. The van der Waals surface area contributed by atoms with Crippen molar-refractivity contribution < 1.29 is 18.3 Å². The molecular weight excluding hydrogens is 456 g/mol. The van der Waals surface area contributed by atoms with Crippen LogP contribution in [-0.2, 0) is 26.8 Å². The Hall–Kier alpha value is -0.990. The summed E-state index contributed by atoms with van der Waals surface area (Å²) in [5.74, 6) is -0.0134. The first-order valence-electron chi connectivity index (χ1n) is 12.4. The molecular formula is C25H40N2O4S2. The van der Waals surface area contributed by atoms with Gasteiger partial charge in [0.1, 0.15) is 10.8 Å². The van der Waals surface area contributed by atoms with Crippen molar-refractivity contribution in [2.75, 3.05) is 13.1 Å². The normalized spacial score (nSPS) is 33.5. The number of aromatic nitrogens is 1. The van der Waals surface area contributed by atoms with E-state index >= 15 is 0 Å². The largest absolute Gasteiger partial charge is 0.392 e. The standard InChI is InChI=1S/C25H40N2O4S2/c1-15(23(29)27-11-7-8-12-27)17-9-10-25(6)13-18-21(16(2)20(25)22(17)28)26-19(32-18)14-33(30,31)24(3,4)5/h15-17,20,22,28H,7-14H2,1-6H3/t15-,16+,17-,20+,22-,25+/m0/s1. The zero-order valence-corrected chi connectivity index (χ0v) is 22.6. The molecule has 1 aromatic rings. The Morgan fingerprint density at radius 1 is 1.30 bits per heavy atom. The maximum Gasteiger partial charge on any atom is 0.225 e. The molecule has 0 unspecified atom stereocenters. The highest BCUT2D eigenvalue weighted by Gasteiger charge is 2.54. The molecule has 0 bridgehead atoms. The molecule has 0 radical (unpaired) electrons. The van der Waals surface area contributed by atoms with E-state index in [4.69, 9.17) is 4.98 Å². The molecule has 6 atom stereocenters. The van der Waals surface area contributed by atoms with Crippen LogP contribution in [0.25, 0.3) is 0 Å². The molecule has 6 nitrogen and oxygen atoms in total. The molecule has 2 heterocycles. The zero-order chi connectivity index (χ0) is 24.3. The van der Waals surface area contributed by atoms with Crippen LogP contribution in [0, 0.1) is 23.2 Å². The fraction of sp³-hybridized carbons (Fsp3) is 0.840. The third-order valence-electron chi connectivity index (χ3n) is 8.66. The molecule has 0 spiro atoms. The van der Waals surface area contributed by atoms with Crippen molar-refractivity contribution in [2.24, 2.45) is 23.2 Å². The second-order valence-corrected chi connectivity index (χ2v) is 15.9. The predicted molar refractivity (Wildman–Crippen MR) is 132 cm³/mol. The van der Waals surface area contributed by atoms with Crippen molar-refractivity contribution in [2.45, 2.75) is 96.2 Å². The molecule has 186 valence electrons. The molecule has 8 heteroatoms. The lowest BCUT2D eigenvalue weighted by Crippen LogP contribution is -2.53. The van der Waals surface area contributed by atoms with Crippen molar-refractivity contribution in [3.05, 3.63) is 15.6 Å². The summed E-state index contributed by atoms with van der Waals surface area (Å²) in [5.41, 5.74) is 0.894. The molecule has 3 aliphatic rings. The molecule has 2 fully saturated rings. The number of carbonyl (C=O) groups excluding carboxylic acids is 1. The molecule has 4 rings (SSSR count). The number of likely N-dealkylation sites (tertiary alicyclic amines) is 1. The quantitative estimate of drug-likeness (QED) is 0.676. The maximum absolute atomic E-state index is 13.1. The first-order valence-corrected chi connectivity index (χ1v) is 14.9. The Morgan fingerprint density at radius 3 is 2.55 bits per heavy atom. The van der Waals surface area contributed by atoms with Crippen LogP contribution in [0.2, 0.25) is 0 Å². The molecule has 0 aromatic carbocycles. The van der Waals surface area contributed by atoms with Gasteiger partial charge in [-0.2, -0.15) is 0 Å². The lowest BCUT2D eigenvalue weighted by Gasteiger charge is -2.53. The van der Waals surface area contributed by atoms with Crippen LogP contribution in [0.5, 0.6) is 0 Å². The highest BCUT2D eigenvalue weighted by Crippen LogP contribution is 2.57. The van der Waals surface area contributed by atoms with Gasteiger partial charge < -0.3 is 10.0 Å². The Balaban J connectivity index is 1.58. The lowest BCUT2D eigenvalue weighted by atomic mass is 9.53. The summed E-state index contributed by atoms with van der Waals surface area (Å²) < 4.78 is 24.7. The van der Waals surface area contributed by atoms with E-state index in [9.17, 15) is 18.3 Å². The number of nitrogens with zero attached hydrogens (tertiary/aromatic N) is 2. The molecule has 1 aromatic heterocycles. The minimum atomic E-state index is -3.30. The number of hydrogen-bond donors (Lipinski definition) is 1. The van der Waals surface area contributed by atoms with Gasteiger partial charge in [-0.25, -0.2) is 13.4 Å². The first kappa shape index (κ1) is 25.1. The van der Waals surface area contributed by atoms with Crippen LogP contribution >= 0.6 is 11.3 Å². The van der Waals surface area contributed by atoms with Crippen molar-refractivity contribution in [1.29, 1.82) is 0 Å². The minimum absolute atomic E-state index is 0.0201. The van der Waals surface area contributed by atoms with Gasteiger partial charge in [0.15, 0.2) is 9.84 Å². The topological polar surface area (TPSA) is 87.6 Å². The fourth-order valence-corrected chi connectivity index (χ4v) is 9.14. The number of aliphatic hydroxyl groups excluding tert-OH is 1. The van der Waals surface area contributed by atoms with Crippen LogP contribution in [-0.4, -0.2) is 53.3 Å². The predicted octanol–water partition coefficient (Wildman–Crippen LogP) is 4.17. The van der Waals surface area contributed by atoms with E-state index in [1.165, 1.54) is 16.2 Å². The van der Waals surface area contributed by atoms with E-state index in [1.54, 1.807) is 20.8 Å². The van der Waals surface area contributed by atoms with Crippen LogP contribution < -0.4 is 0 Å². The second kappa shape index (κ2) is 8.59. The summed E-state index contributed by atoms with van der Waals surface area (Å²) in [6.07, 6.45) is 4.22. The number of aliphatic hydroxyl groups is 1. The van der Waals surface area contributed by atoms with E-state index in [0.717, 1.165) is 50.9 Å². The number of thiazole rings is 1. The highest BCUT2D eigenvalue weighted by atomic mass is 32.2. The van der Waals surface area contributed by atoms with Gasteiger partial charge >= 0.3 is 0 Å². The van der Waals surface area contributed by atoms with Crippen molar-refractivity contribution >= 4 is 27.1 Å². The molecule has 33 heavy (non-hydrogen) atoms. The summed E-state index contributed by atoms with van der Waals surface area (Å²) >= 11 is 1.53. The maximum atomic E-state index is 13.1. The monoisotopic (exact) mass is 496 g/mol. The van der Waals surface area contributed by atoms with Gasteiger partial charge in [0.05, 0.1) is 16.5 Å². The van der Waals surface area contributed by atoms with Gasteiger partial charge in [-0.05, 0) is 70.1 Å². The summed E-state index contributed by atoms with van der Waals surface area (Å²) in [4.78, 5) is 21.0. The summed E-state index contributed by atoms with van der Waals surface area (Å²) in [7, 11) is -3.30. The van der Waals surface area contributed by atoms with E-state index in [-0.39, 0.29) is 40.7 Å². The summed E-state index contributed by atoms with van der Waals surface area (Å²) in [6.45, 7) is 13.3. The van der Waals surface area contributed by atoms with Gasteiger partial charge in [-0.3, -0.25) is 4.79 Å². The van der Waals surface area contributed by atoms with Crippen LogP contribution in [0.4, 0.5) is 0 Å². The van der Waals surface area contributed by atoms with Gasteiger partial charge in [0.25, 0.3) is 0 Å². The van der Waals surface area contributed by atoms with Gasteiger partial charge in [0.2, 0.25) is 5.91 Å². The number of rotatable bonds is 4. The van der Waals surface area contributed by atoms with Gasteiger partial charge in [0, 0.05) is 29.8 Å². The third-order valence-corrected chi connectivity index (χ3v) is 12.4. The van der Waals surface area contributed by atoms with Crippen molar-refractivity contribution in [3.8, 4) is 0 Å². The zero-order valence-electron chi connectivity index (χ0n) is 20.9. The molecule has 1 saturated heterocycles. The Kier molecular flexibility index (Phi) is 6.54. The minimum Gasteiger partial charge on any atom is -0.392 e. The lowest BCUT2D eigenvalue weighted by molar-refractivity contribution is -0.143. The van der Waals surface area contributed by atoms with Crippen molar-refractivity contribution in [3.63, 3.8) is 0 Å².